The number of amides is 2. The van der Waals surface area contributed by atoms with E-state index in [0.717, 1.165) is 23.3 Å². The van der Waals surface area contributed by atoms with Crippen LogP contribution < -0.4 is 25.7 Å². The lowest BCUT2D eigenvalue weighted by atomic mass is 9.80. The lowest BCUT2D eigenvalue weighted by Crippen LogP contribution is -2.58. The Hall–Kier alpha value is -4.32. The van der Waals surface area contributed by atoms with Crippen LogP contribution in [0.4, 0.5) is 14.6 Å². The fourth-order valence-corrected chi connectivity index (χ4v) is 6.04. The molecule has 2 N–H and O–H groups in total. The van der Waals surface area contributed by atoms with Gasteiger partial charge in [0, 0.05) is 30.9 Å². The molecule has 1 atom stereocenters. The fourth-order valence-electron chi connectivity index (χ4n) is 6.04. The van der Waals surface area contributed by atoms with Gasteiger partial charge < -0.3 is 29.6 Å². The summed E-state index contributed by atoms with van der Waals surface area (Å²) in [6, 6.07) is 10.0. The summed E-state index contributed by atoms with van der Waals surface area (Å²) >= 11 is 0. The predicted octanol–water partition coefficient (Wildman–Crippen LogP) is 5.66. The van der Waals surface area contributed by atoms with Crippen LogP contribution in [0.25, 0.3) is 11.1 Å². The van der Waals surface area contributed by atoms with Crippen LogP contribution in [0.15, 0.2) is 47.4 Å². The number of aromatic nitrogens is 2. The second-order valence-electron chi connectivity index (χ2n) is 13.2. The van der Waals surface area contributed by atoms with Gasteiger partial charge in [-0.1, -0.05) is 6.42 Å². The third kappa shape index (κ3) is 7.32. The molecule has 0 bridgehead atoms. The number of hydrogen-bond donors (Lipinski definition) is 2. The molecule has 1 aliphatic heterocycles. The lowest BCUT2D eigenvalue weighted by molar-refractivity contribution is -0.113. The van der Waals surface area contributed by atoms with Gasteiger partial charge in [-0.15, -0.1) is 0 Å². The Bertz CT molecular complexity index is 1730. The smallest absolute Gasteiger partial charge is 0.282 e. The highest BCUT2D eigenvalue weighted by atomic mass is 19.3. The zero-order valence-corrected chi connectivity index (χ0v) is 27.1. The van der Waals surface area contributed by atoms with E-state index in [9.17, 15) is 23.2 Å². The highest BCUT2D eigenvalue weighted by Crippen LogP contribution is 2.36. The van der Waals surface area contributed by atoms with E-state index in [2.05, 4.69) is 22.5 Å². The van der Waals surface area contributed by atoms with E-state index in [1.54, 1.807) is 34.9 Å². The highest BCUT2D eigenvalue weighted by molar-refractivity contribution is 6.05. The molecule has 12 heteroatoms. The molecule has 10 nitrogen and oxygen atoms in total. The zero-order chi connectivity index (χ0) is 33.5. The van der Waals surface area contributed by atoms with E-state index >= 15 is 0 Å². The summed E-state index contributed by atoms with van der Waals surface area (Å²) in [5.41, 5.74) is 1.51. The molecule has 3 fully saturated rings. The molecule has 0 spiro atoms. The minimum atomic E-state index is -2.93. The van der Waals surface area contributed by atoms with E-state index < -0.39 is 30.8 Å². The molecule has 3 aliphatic rings. The minimum Gasteiger partial charge on any atom is -0.497 e. The first-order valence-corrected chi connectivity index (χ1v) is 16.2. The molecule has 3 aromatic rings. The molecular weight excluding hydrogens is 608 g/mol. The third-order valence-corrected chi connectivity index (χ3v) is 9.07. The van der Waals surface area contributed by atoms with Gasteiger partial charge in [-0.2, -0.15) is 4.98 Å². The van der Waals surface area contributed by atoms with Crippen LogP contribution in [0.2, 0.25) is 0 Å². The second kappa shape index (κ2) is 13.1. The number of alkyl halides is 2. The van der Waals surface area contributed by atoms with Crippen molar-refractivity contribution in [3.05, 3.63) is 69.6 Å². The monoisotopic (exact) mass is 649 g/mol. The van der Waals surface area contributed by atoms with Crippen LogP contribution in [0.5, 0.6) is 11.6 Å². The van der Waals surface area contributed by atoms with Crippen molar-refractivity contribution in [1.82, 2.24) is 19.8 Å². The Kier molecular flexibility index (Phi) is 9.06. The van der Waals surface area contributed by atoms with Gasteiger partial charge in [0.15, 0.2) is 0 Å². The van der Waals surface area contributed by atoms with E-state index in [-0.39, 0.29) is 40.5 Å². The Labute approximate surface area is 272 Å². The average Bonchev–Trinajstić information content (AvgIpc) is 3.82. The van der Waals surface area contributed by atoms with Gasteiger partial charge in [0.25, 0.3) is 23.3 Å². The van der Waals surface area contributed by atoms with E-state index in [1.807, 2.05) is 20.0 Å². The number of hydrogen-bond acceptors (Lipinski definition) is 7. The Morgan fingerprint density at radius 2 is 1.79 bits per heavy atom. The topological polar surface area (TPSA) is 115 Å². The van der Waals surface area contributed by atoms with E-state index in [4.69, 9.17) is 9.47 Å². The Balaban J connectivity index is 1.32. The van der Waals surface area contributed by atoms with Crippen LogP contribution in [-0.4, -0.2) is 64.5 Å². The zero-order valence-electron chi connectivity index (χ0n) is 27.1. The molecule has 47 heavy (non-hydrogen) atoms. The minimum absolute atomic E-state index is 0.00468. The van der Waals surface area contributed by atoms with Gasteiger partial charge in [-0.3, -0.25) is 14.4 Å². The number of halogens is 2. The van der Waals surface area contributed by atoms with E-state index in [0.29, 0.717) is 35.4 Å². The van der Waals surface area contributed by atoms with Crippen molar-refractivity contribution in [1.29, 1.82) is 0 Å². The number of ether oxygens (including phenoxy) is 2. The normalized spacial score (nSPS) is 17.9. The maximum absolute atomic E-state index is 13.7. The standard InChI is InChI=1S/C35H41F2N5O5/c1-20(2)47-31-14-24(27-11-10-26(46-4)15-28(27)33(44)41-18-35(36,37)19-41)13-30(39-31)40-32(43)29-12-22(16-38-21(3)23-6-5-7-23)17-42(34(29)45)25-8-9-25/h10-15,17,20-21,23,25,38H,5-9,16,18-19H2,1-4H3,(H,39,40,43)/t21-/m0/s1. The molecule has 2 aromatic heterocycles. The van der Waals surface area contributed by atoms with Crippen molar-refractivity contribution in [2.75, 3.05) is 25.5 Å². The molecule has 0 radical (unpaired) electrons. The summed E-state index contributed by atoms with van der Waals surface area (Å²) in [4.78, 5) is 46.2. The molecule has 2 aliphatic carbocycles. The maximum atomic E-state index is 13.7. The number of carbonyl (C=O) groups is 2. The molecule has 1 saturated heterocycles. The van der Waals surface area contributed by atoms with Gasteiger partial charge in [-0.25, -0.2) is 8.78 Å². The SMILES string of the molecule is COc1ccc(-c2cc(NC(=O)c3cc(CN[C@@H](C)C4CCC4)cn(C4CC4)c3=O)nc(OC(C)C)c2)c(C(=O)N2CC(F)(F)C2)c1. The largest absolute Gasteiger partial charge is 0.497 e. The Morgan fingerprint density at radius 1 is 1.04 bits per heavy atom. The molecule has 3 heterocycles. The number of nitrogens with zero attached hydrogens (tertiary/aromatic N) is 3. The molecule has 2 saturated carbocycles. The van der Waals surface area contributed by atoms with Gasteiger partial charge in [0.2, 0.25) is 5.88 Å². The predicted molar refractivity (Wildman–Crippen MR) is 173 cm³/mol. The number of rotatable bonds is 12. The Morgan fingerprint density at radius 3 is 2.40 bits per heavy atom. The van der Waals surface area contributed by atoms with E-state index in [1.165, 1.54) is 32.4 Å². The van der Waals surface area contributed by atoms with Crippen molar-refractivity contribution < 1.29 is 27.8 Å². The molecule has 1 aromatic carbocycles. The summed E-state index contributed by atoms with van der Waals surface area (Å²) in [5, 5.41) is 6.34. The first kappa shape index (κ1) is 32.6. The number of carbonyl (C=O) groups excluding carboxylic acids is 2. The van der Waals surface area contributed by atoms with Crippen LogP contribution in [0.3, 0.4) is 0 Å². The van der Waals surface area contributed by atoms with Gasteiger partial charge in [0.05, 0.1) is 31.9 Å². The third-order valence-electron chi connectivity index (χ3n) is 9.07. The number of methoxy groups -OCH3 is 1. The quantitative estimate of drug-likeness (QED) is 0.260. The van der Waals surface area contributed by atoms with Gasteiger partial charge in [-0.05, 0) is 99.4 Å². The van der Waals surface area contributed by atoms with Gasteiger partial charge >= 0.3 is 0 Å². The molecule has 2 amide bonds. The summed E-state index contributed by atoms with van der Waals surface area (Å²) in [6.45, 7) is 5.00. The molecular formula is C35H41F2N5O5. The molecule has 250 valence electrons. The number of nitrogens with one attached hydrogen (secondary N) is 2. The summed E-state index contributed by atoms with van der Waals surface area (Å²) in [6.07, 6.45) is 7.01. The van der Waals surface area contributed by atoms with Crippen LogP contribution in [0, 0.1) is 5.92 Å². The first-order valence-electron chi connectivity index (χ1n) is 16.2. The molecule has 0 unspecified atom stereocenters. The number of pyridine rings is 2. The average molecular weight is 650 g/mol. The summed E-state index contributed by atoms with van der Waals surface area (Å²) in [5.74, 6) is -2.82. The number of anilines is 1. The van der Waals surface area contributed by atoms with Crippen LogP contribution in [0.1, 0.15) is 85.2 Å². The van der Waals surface area contributed by atoms with Crippen LogP contribution >= 0.6 is 0 Å². The fraction of sp³-hybridized carbons (Fsp3) is 0.486. The lowest BCUT2D eigenvalue weighted by Gasteiger charge is -2.39. The highest BCUT2D eigenvalue weighted by Gasteiger charge is 2.46. The van der Waals surface area contributed by atoms with Crippen LogP contribution in [-0.2, 0) is 6.54 Å². The van der Waals surface area contributed by atoms with Crippen molar-refractivity contribution >= 4 is 17.6 Å². The number of benzene rings is 1. The van der Waals surface area contributed by atoms with Crippen molar-refractivity contribution in [3.63, 3.8) is 0 Å². The first-order chi connectivity index (χ1) is 22.4. The summed E-state index contributed by atoms with van der Waals surface area (Å²) < 4.78 is 40.2. The van der Waals surface area contributed by atoms with Crippen molar-refractivity contribution in [3.8, 4) is 22.8 Å². The maximum Gasteiger partial charge on any atom is 0.282 e. The van der Waals surface area contributed by atoms with Crippen molar-refractivity contribution in [2.45, 2.75) is 83.5 Å². The molecule has 6 rings (SSSR count). The van der Waals surface area contributed by atoms with Gasteiger partial charge in [0.1, 0.15) is 17.1 Å². The second-order valence-corrected chi connectivity index (χ2v) is 13.2. The van der Waals surface area contributed by atoms with Crippen molar-refractivity contribution in [2.24, 2.45) is 5.92 Å². The number of likely N-dealkylation sites (tertiary alicyclic amines) is 1. The summed E-state index contributed by atoms with van der Waals surface area (Å²) in [7, 11) is 1.45.